The van der Waals surface area contributed by atoms with Crippen molar-refractivity contribution in [1.29, 1.82) is 0 Å². The Kier molecular flexibility index (Phi) is 1.89. The molecule has 0 atom stereocenters. The second-order valence-electron chi connectivity index (χ2n) is 4.08. The minimum atomic E-state index is -0.885. The van der Waals surface area contributed by atoms with E-state index in [9.17, 15) is 9.90 Å². The minimum Gasteiger partial charge on any atom is -0.464 e. The number of nitrogens with zero attached hydrogens (tertiary/aromatic N) is 2. The van der Waals surface area contributed by atoms with Crippen LogP contribution in [0.2, 0.25) is 0 Å². The van der Waals surface area contributed by atoms with Gasteiger partial charge in [-0.3, -0.25) is 4.68 Å². The predicted molar refractivity (Wildman–Crippen MR) is 61.2 cm³/mol. The molecule has 0 spiro atoms. The second kappa shape index (κ2) is 3.27. The van der Waals surface area contributed by atoms with Crippen LogP contribution in [-0.4, -0.2) is 21.9 Å². The first-order valence-electron chi connectivity index (χ1n) is 5.36. The summed E-state index contributed by atoms with van der Waals surface area (Å²) in [6.07, 6.45) is 2.85. The van der Waals surface area contributed by atoms with Gasteiger partial charge in [0.15, 0.2) is 0 Å². The number of aromatic nitrogens is 1. The molecule has 1 saturated carbocycles. The lowest BCUT2D eigenvalue weighted by Crippen LogP contribution is -2.40. The van der Waals surface area contributed by atoms with Gasteiger partial charge in [-0.15, -0.1) is 0 Å². The van der Waals surface area contributed by atoms with Crippen LogP contribution in [0.5, 0.6) is 0 Å². The maximum absolute atomic E-state index is 11.2. The van der Waals surface area contributed by atoms with E-state index in [1.165, 1.54) is 5.01 Å². The first-order valence-corrected chi connectivity index (χ1v) is 5.36. The molecule has 0 radical (unpaired) electrons. The molecule has 1 N–H and O–H groups in total. The van der Waals surface area contributed by atoms with Gasteiger partial charge < -0.3 is 5.11 Å². The Morgan fingerprint density at radius 3 is 2.75 bits per heavy atom. The fourth-order valence-electron chi connectivity index (χ4n) is 2.00. The number of hydrogen-bond donors (Lipinski definition) is 1. The van der Waals surface area contributed by atoms with Crippen molar-refractivity contribution in [3.8, 4) is 0 Å². The van der Waals surface area contributed by atoms with E-state index in [0.717, 1.165) is 23.7 Å². The molecule has 1 heterocycles. The van der Waals surface area contributed by atoms with Gasteiger partial charge in [-0.1, -0.05) is 18.2 Å². The van der Waals surface area contributed by atoms with Gasteiger partial charge in [0.25, 0.3) is 0 Å². The molecule has 1 aliphatic rings. The Hall–Kier alpha value is -1.97. The number of fused-ring (bicyclic) bond motifs is 1. The maximum Gasteiger partial charge on any atom is 0.426 e. The molecule has 1 aliphatic carbocycles. The lowest BCUT2D eigenvalue weighted by Gasteiger charge is -2.20. The van der Waals surface area contributed by atoms with E-state index in [4.69, 9.17) is 0 Å². The van der Waals surface area contributed by atoms with Crippen molar-refractivity contribution in [2.24, 2.45) is 0 Å². The van der Waals surface area contributed by atoms with Gasteiger partial charge in [0.2, 0.25) is 0 Å². The van der Waals surface area contributed by atoms with Crippen molar-refractivity contribution in [1.82, 2.24) is 4.68 Å². The van der Waals surface area contributed by atoms with Crippen molar-refractivity contribution in [3.63, 3.8) is 0 Å². The summed E-state index contributed by atoms with van der Waals surface area (Å²) in [5.41, 5.74) is 0.941. The number of carboxylic acid groups (broad SMARTS) is 1. The first-order chi connectivity index (χ1) is 7.77. The summed E-state index contributed by atoms with van der Waals surface area (Å²) in [5.74, 6) is 0. The maximum atomic E-state index is 11.2. The highest BCUT2D eigenvalue weighted by molar-refractivity contribution is 5.85. The lowest BCUT2D eigenvalue weighted by molar-refractivity contribution is 0.194. The summed E-state index contributed by atoms with van der Waals surface area (Å²) in [6.45, 7) is 0. The Labute approximate surface area is 92.7 Å². The van der Waals surface area contributed by atoms with E-state index >= 15 is 0 Å². The van der Waals surface area contributed by atoms with E-state index in [0.29, 0.717) is 0 Å². The van der Waals surface area contributed by atoms with Crippen LogP contribution < -0.4 is 5.01 Å². The van der Waals surface area contributed by atoms with Crippen molar-refractivity contribution >= 4 is 17.0 Å². The van der Waals surface area contributed by atoms with Crippen LogP contribution in [0, 0.1) is 0 Å². The number of carbonyl (C=O) groups is 1. The summed E-state index contributed by atoms with van der Waals surface area (Å²) in [4.78, 5) is 11.2. The first kappa shape index (κ1) is 9.27. The summed E-state index contributed by atoms with van der Waals surface area (Å²) < 4.78 is 1.73. The Morgan fingerprint density at radius 1 is 1.31 bits per heavy atom. The van der Waals surface area contributed by atoms with Gasteiger partial charge in [-0.05, 0) is 25.0 Å². The highest BCUT2D eigenvalue weighted by Gasteiger charge is 2.34. The molecule has 16 heavy (non-hydrogen) atoms. The summed E-state index contributed by atoms with van der Waals surface area (Å²) in [7, 11) is 0. The van der Waals surface area contributed by atoms with Crippen LogP contribution in [0.25, 0.3) is 10.9 Å². The van der Waals surface area contributed by atoms with E-state index < -0.39 is 6.09 Å². The zero-order valence-electron chi connectivity index (χ0n) is 8.71. The number of benzene rings is 1. The third-order valence-corrected chi connectivity index (χ3v) is 2.90. The molecule has 4 heteroatoms. The van der Waals surface area contributed by atoms with Crippen molar-refractivity contribution in [3.05, 3.63) is 36.5 Å². The molecule has 4 nitrogen and oxygen atoms in total. The topological polar surface area (TPSA) is 45.5 Å². The average Bonchev–Trinajstić information content (AvgIpc) is 3.00. The highest BCUT2D eigenvalue weighted by atomic mass is 16.4. The molecule has 2 aromatic rings. The normalized spacial score (nSPS) is 15.2. The van der Waals surface area contributed by atoms with Gasteiger partial charge in [-0.2, -0.15) is 0 Å². The standard InChI is InChI=1S/C12H12N2O2/c15-12(16)14(10-5-6-10)13-8-7-9-3-1-2-4-11(9)13/h1-4,7-8,10H,5-6H2,(H,15,16). The number of hydrogen-bond acceptors (Lipinski definition) is 1. The van der Waals surface area contributed by atoms with Crippen LogP contribution in [-0.2, 0) is 0 Å². The van der Waals surface area contributed by atoms with Crippen LogP contribution in [0.4, 0.5) is 4.79 Å². The zero-order valence-corrected chi connectivity index (χ0v) is 8.71. The Morgan fingerprint density at radius 2 is 2.06 bits per heavy atom. The molecule has 0 aliphatic heterocycles. The van der Waals surface area contributed by atoms with Gasteiger partial charge >= 0.3 is 6.09 Å². The highest BCUT2D eigenvalue weighted by Crippen LogP contribution is 2.28. The van der Waals surface area contributed by atoms with Crippen molar-refractivity contribution in [2.75, 3.05) is 5.01 Å². The van der Waals surface area contributed by atoms with Crippen LogP contribution in [0.1, 0.15) is 12.8 Å². The van der Waals surface area contributed by atoms with Gasteiger partial charge in [-0.25, -0.2) is 9.80 Å². The van der Waals surface area contributed by atoms with E-state index in [1.807, 2.05) is 36.5 Å². The Bertz CT molecular complexity index is 543. The van der Waals surface area contributed by atoms with E-state index in [1.54, 1.807) is 4.68 Å². The third-order valence-electron chi connectivity index (χ3n) is 2.90. The summed E-state index contributed by atoms with van der Waals surface area (Å²) >= 11 is 0. The molecule has 1 aromatic carbocycles. The molecule has 1 fully saturated rings. The minimum absolute atomic E-state index is 0.147. The number of para-hydroxylation sites is 1. The summed E-state index contributed by atoms with van der Waals surface area (Å²) in [5, 5.41) is 11.7. The van der Waals surface area contributed by atoms with Gasteiger partial charge in [0, 0.05) is 11.6 Å². The Balaban J connectivity index is 2.13. The molecule has 82 valence electrons. The fourth-order valence-corrected chi connectivity index (χ4v) is 2.00. The second-order valence-corrected chi connectivity index (χ2v) is 4.08. The molecule has 1 aromatic heterocycles. The van der Waals surface area contributed by atoms with Crippen LogP contribution >= 0.6 is 0 Å². The molecular formula is C12H12N2O2. The largest absolute Gasteiger partial charge is 0.464 e. The molecule has 0 bridgehead atoms. The monoisotopic (exact) mass is 216 g/mol. The fraction of sp³-hybridized carbons (Fsp3) is 0.250. The average molecular weight is 216 g/mol. The van der Waals surface area contributed by atoms with Gasteiger partial charge in [0.1, 0.15) is 0 Å². The van der Waals surface area contributed by atoms with Gasteiger partial charge in [0.05, 0.1) is 11.6 Å². The van der Waals surface area contributed by atoms with Crippen molar-refractivity contribution < 1.29 is 9.90 Å². The van der Waals surface area contributed by atoms with Crippen LogP contribution in [0.3, 0.4) is 0 Å². The number of amides is 1. The predicted octanol–water partition coefficient (Wildman–Crippen LogP) is 2.42. The SMILES string of the molecule is O=C(O)N(C1CC1)n1ccc2ccccc21. The quantitative estimate of drug-likeness (QED) is 0.837. The lowest BCUT2D eigenvalue weighted by atomic mass is 10.3. The van der Waals surface area contributed by atoms with Crippen molar-refractivity contribution in [2.45, 2.75) is 18.9 Å². The van der Waals surface area contributed by atoms with Crippen LogP contribution in [0.15, 0.2) is 36.5 Å². The molecule has 1 amide bonds. The molecule has 0 unspecified atom stereocenters. The van der Waals surface area contributed by atoms with E-state index in [2.05, 4.69) is 0 Å². The zero-order chi connectivity index (χ0) is 11.1. The molecular weight excluding hydrogens is 204 g/mol. The summed E-state index contributed by atoms with van der Waals surface area (Å²) in [6, 6.07) is 9.88. The molecule has 0 saturated heterocycles. The number of rotatable bonds is 2. The van der Waals surface area contributed by atoms with E-state index in [-0.39, 0.29) is 6.04 Å². The smallest absolute Gasteiger partial charge is 0.426 e. The third kappa shape index (κ3) is 1.34. The molecule has 3 rings (SSSR count).